The fraction of sp³-hybridized carbons (Fsp3) is 0.500. The molecule has 3 N–H and O–H groups in total. The molecular formula is C6H12NO2+. The minimum Gasteiger partial charge on any atom is -0.461 e. The van der Waals surface area contributed by atoms with E-state index in [0.29, 0.717) is 19.6 Å². The predicted octanol–water partition coefficient (Wildman–Crippen LogP) is -0.652. The fourth-order valence-corrected chi connectivity index (χ4v) is 0.368. The maximum atomic E-state index is 10.5. The van der Waals surface area contributed by atoms with Gasteiger partial charge in [-0.1, -0.05) is 12.7 Å². The van der Waals surface area contributed by atoms with E-state index >= 15 is 0 Å². The van der Waals surface area contributed by atoms with Gasteiger partial charge in [0.1, 0.15) is 6.61 Å². The minimum absolute atomic E-state index is 0.204. The van der Waals surface area contributed by atoms with Crippen molar-refractivity contribution in [2.24, 2.45) is 0 Å². The van der Waals surface area contributed by atoms with Gasteiger partial charge in [0.15, 0.2) is 0 Å². The van der Waals surface area contributed by atoms with Gasteiger partial charge in [-0.3, -0.25) is 4.79 Å². The second kappa shape index (κ2) is 5.31. The zero-order valence-electron chi connectivity index (χ0n) is 5.43. The summed E-state index contributed by atoms with van der Waals surface area (Å²) in [4.78, 5) is 10.5. The standard InChI is InChI=1S/C6H11NO2/c1-2-5-9-6(8)3-4-7/h2H,1,3-5,7H2/p+1. The highest BCUT2D eigenvalue weighted by molar-refractivity contribution is 5.69. The van der Waals surface area contributed by atoms with E-state index in [9.17, 15) is 4.79 Å². The molecule has 3 nitrogen and oxygen atoms in total. The first kappa shape index (κ1) is 8.17. The number of carbonyl (C=O) groups excluding carboxylic acids is 1. The molecule has 3 heteroatoms. The van der Waals surface area contributed by atoms with Crippen LogP contribution in [0.5, 0.6) is 0 Å². The van der Waals surface area contributed by atoms with Gasteiger partial charge in [0.05, 0.1) is 13.0 Å². The molecule has 0 fully saturated rings. The van der Waals surface area contributed by atoms with Crippen LogP contribution in [0.2, 0.25) is 0 Å². The summed E-state index contributed by atoms with van der Waals surface area (Å²) >= 11 is 0. The summed E-state index contributed by atoms with van der Waals surface area (Å²) in [6.45, 7) is 4.30. The van der Waals surface area contributed by atoms with Crippen molar-refractivity contribution in [2.45, 2.75) is 6.42 Å². The first-order valence-corrected chi connectivity index (χ1v) is 2.87. The molecule has 9 heavy (non-hydrogen) atoms. The maximum Gasteiger partial charge on any atom is 0.311 e. The summed E-state index contributed by atoms with van der Waals surface area (Å²) in [6.07, 6.45) is 1.94. The van der Waals surface area contributed by atoms with Crippen LogP contribution in [0.4, 0.5) is 0 Å². The van der Waals surface area contributed by atoms with Crippen molar-refractivity contribution in [1.82, 2.24) is 0 Å². The van der Waals surface area contributed by atoms with E-state index < -0.39 is 0 Å². The molecule has 0 heterocycles. The lowest BCUT2D eigenvalue weighted by Gasteiger charge is -1.96. The number of rotatable bonds is 4. The number of hydrogen-bond donors (Lipinski definition) is 1. The van der Waals surface area contributed by atoms with Crippen molar-refractivity contribution in [3.8, 4) is 0 Å². The molecule has 0 aliphatic rings. The maximum absolute atomic E-state index is 10.5. The molecular weight excluding hydrogens is 118 g/mol. The van der Waals surface area contributed by atoms with Crippen LogP contribution >= 0.6 is 0 Å². The van der Waals surface area contributed by atoms with Gasteiger partial charge in [0, 0.05) is 0 Å². The van der Waals surface area contributed by atoms with E-state index in [1.54, 1.807) is 6.08 Å². The fourth-order valence-electron chi connectivity index (χ4n) is 0.368. The average Bonchev–Trinajstić information content (AvgIpc) is 1.85. The van der Waals surface area contributed by atoms with Crippen LogP contribution in [0.3, 0.4) is 0 Å². The molecule has 0 saturated heterocycles. The highest BCUT2D eigenvalue weighted by atomic mass is 16.5. The summed E-state index contributed by atoms with van der Waals surface area (Å²) < 4.78 is 4.63. The van der Waals surface area contributed by atoms with Crippen LogP contribution in [-0.4, -0.2) is 19.1 Å². The van der Waals surface area contributed by atoms with E-state index in [4.69, 9.17) is 0 Å². The number of hydrogen-bond acceptors (Lipinski definition) is 2. The predicted molar refractivity (Wildman–Crippen MR) is 33.5 cm³/mol. The largest absolute Gasteiger partial charge is 0.461 e. The van der Waals surface area contributed by atoms with Gasteiger partial charge in [-0.15, -0.1) is 0 Å². The van der Waals surface area contributed by atoms with Crippen molar-refractivity contribution in [2.75, 3.05) is 13.2 Å². The SMILES string of the molecule is C=CCOC(=O)CC[NH3+]. The number of carbonyl (C=O) groups is 1. The van der Waals surface area contributed by atoms with E-state index in [0.717, 1.165) is 0 Å². The van der Waals surface area contributed by atoms with Crippen LogP contribution in [-0.2, 0) is 9.53 Å². The van der Waals surface area contributed by atoms with E-state index in [-0.39, 0.29) is 5.97 Å². The van der Waals surface area contributed by atoms with Crippen LogP contribution in [0.1, 0.15) is 6.42 Å². The lowest BCUT2D eigenvalue weighted by molar-refractivity contribution is -0.366. The van der Waals surface area contributed by atoms with Gasteiger partial charge in [-0.2, -0.15) is 0 Å². The normalized spacial score (nSPS) is 8.56. The second-order valence-electron chi connectivity index (χ2n) is 1.58. The summed E-state index contributed by atoms with van der Waals surface area (Å²) in [6, 6.07) is 0. The molecule has 52 valence electrons. The summed E-state index contributed by atoms with van der Waals surface area (Å²) in [5, 5.41) is 0. The first-order chi connectivity index (χ1) is 4.31. The van der Waals surface area contributed by atoms with Gasteiger partial charge in [0.25, 0.3) is 0 Å². The third-order valence-electron chi connectivity index (χ3n) is 0.743. The Morgan fingerprint density at radius 1 is 1.78 bits per heavy atom. The van der Waals surface area contributed by atoms with Crippen molar-refractivity contribution in [3.05, 3.63) is 12.7 Å². The zero-order valence-corrected chi connectivity index (χ0v) is 5.43. The Bertz CT molecular complexity index is 101. The third kappa shape index (κ3) is 5.03. The minimum atomic E-state index is -0.204. The molecule has 0 unspecified atom stereocenters. The average molecular weight is 130 g/mol. The zero-order chi connectivity index (χ0) is 7.11. The van der Waals surface area contributed by atoms with Crippen molar-refractivity contribution in [3.63, 3.8) is 0 Å². The lowest BCUT2D eigenvalue weighted by atomic mass is 10.4. The number of ether oxygens (including phenoxy) is 1. The molecule has 0 spiro atoms. The molecule has 0 atom stereocenters. The Morgan fingerprint density at radius 2 is 2.44 bits per heavy atom. The molecule has 0 radical (unpaired) electrons. The van der Waals surface area contributed by atoms with Crippen molar-refractivity contribution in [1.29, 1.82) is 0 Å². The Hall–Kier alpha value is -0.830. The highest BCUT2D eigenvalue weighted by Crippen LogP contribution is 1.81. The molecule has 0 saturated carbocycles. The summed E-state index contributed by atoms with van der Waals surface area (Å²) in [7, 11) is 0. The van der Waals surface area contributed by atoms with Crippen LogP contribution < -0.4 is 5.73 Å². The van der Waals surface area contributed by atoms with Gasteiger partial charge in [-0.25, -0.2) is 0 Å². The molecule has 0 aromatic rings. The smallest absolute Gasteiger partial charge is 0.311 e. The molecule has 0 rings (SSSR count). The van der Waals surface area contributed by atoms with Crippen LogP contribution in [0.25, 0.3) is 0 Å². The quantitative estimate of drug-likeness (QED) is 0.406. The monoisotopic (exact) mass is 130 g/mol. The van der Waals surface area contributed by atoms with Crippen molar-refractivity contribution >= 4 is 5.97 Å². The molecule has 0 aromatic carbocycles. The van der Waals surface area contributed by atoms with E-state index in [1.807, 2.05) is 0 Å². The van der Waals surface area contributed by atoms with Gasteiger partial charge in [0.2, 0.25) is 0 Å². The van der Waals surface area contributed by atoms with E-state index in [1.165, 1.54) is 0 Å². The van der Waals surface area contributed by atoms with Gasteiger partial charge >= 0.3 is 5.97 Å². The van der Waals surface area contributed by atoms with Crippen molar-refractivity contribution < 1.29 is 15.3 Å². The molecule has 0 amide bonds. The Kier molecular flexibility index (Phi) is 4.82. The summed E-state index contributed by atoms with van der Waals surface area (Å²) in [5.74, 6) is -0.204. The molecule has 0 bridgehead atoms. The lowest BCUT2D eigenvalue weighted by Crippen LogP contribution is -2.51. The summed E-state index contributed by atoms with van der Waals surface area (Å²) in [5.41, 5.74) is 3.51. The third-order valence-corrected chi connectivity index (χ3v) is 0.743. The van der Waals surface area contributed by atoms with Gasteiger partial charge in [-0.05, 0) is 0 Å². The Morgan fingerprint density at radius 3 is 2.89 bits per heavy atom. The second-order valence-corrected chi connectivity index (χ2v) is 1.58. The molecule has 0 aliphatic carbocycles. The topological polar surface area (TPSA) is 53.9 Å². The first-order valence-electron chi connectivity index (χ1n) is 2.87. The van der Waals surface area contributed by atoms with Gasteiger partial charge < -0.3 is 10.5 Å². The highest BCUT2D eigenvalue weighted by Gasteiger charge is 1.98. The Labute approximate surface area is 54.5 Å². The van der Waals surface area contributed by atoms with Crippen LogP contribution in [0, 0.1) is 0 Å². The van der Waals surface area contributed by atoms with Crippen LogP contribution in [0.15, 0.2) is 12.7 Å². The Balaban J connectivity index is 3.16. The number of esters is 1. The molecule has 0 aromatic heterocycles. The number of quaternary nitrogens is 1. The van der Waals surface area contributed by atoms with E-state index in [2.05, 4.69) is 17.0 Å². The molecule has 0 aliphatic heterocycles.